The standard InChI is InChI=1S/C18H18BrCl2NO7S2/c19-11-5-14(21)18(24)15(6-11)30(25,26)9-10-4-12(20)7-16(17(10)23)31(27,28)22-8-13-2-1-3-29-13/h4-7,13,22-24H,1-3,8-9H2. The van der Waals surface area contributed by atoms with Crippen LogP contribution < -0.4 is 4.72 Å². The zero-order valence-corrected chi connectivity index (χ0v) is 20.5. The molecule has 13 heteroatoms. The van der Waals surface area contributed by atoms with Gasteiger partial charge in [-0.05, 0) is 37.1 Å². The van der Waals surface area contributed by atoms with E-state index in [1.165, 1.54) is 6.07 Å². The number of sulfone groups is 1. The van der Waals surface area contributed by atoms with E-state index in [-0.39, 0.29) is 28.3 Å². The molecule has 2 aromatic rings. The molecule has 8 nitrogen and oxygen atoms in total. The molecule has 0 aliphatic carbocycles. The summed E-state index contributed by atoms with van der Waals surface area (Å²) >= 11 is 15.0. The molecule has 3 N–H and O–H groups in total. The Kier molecular flexibility index (Phi) is 7.46. The zero-order valence-electron chi connectivity index (χ0n) is 15.8. The maximum atomic E-state index is 12.9. The third kappa shape index (κ3) is 5.65. The van der Waals surface area contributed by atoms with Crippen LogP contribution in [0.15, 0.2) is 38.5 Å². The summed E-state index contributed by atoms with van der Waals surface area (Å²) in [7, 11) is -8.44. The molecule has 0 aromatic heterocycles. The van der Waals surface area contributed by atoms with Crippen LogP contribution in [0.1, 0.15) is 18.4 Å². The van der Waals surface area contributed by atoms with Gasteiger partial charge in [0.1, 0.15) is 15.5 Å². The second-order valence-electron chi connectivity index (χ2n) is 6.89. The number of nitrogens with one attached hydrogen (secondary N) is 1. The average Bonchev–Trinajstić information content (AvgIpc) is 3.19. The number of ether oxygens (including phenoxy) is 1. The highest BCUT2D eigenvalue weighted by Gasteiger charge is 2.28. The molecule has 0 amide bonds. The summed E-state index contributed by atoms with van der Waals surface area (Å²) in [6, 6.07) is 4.64. The zero-order chi connectivity index (χ0) is 23.0. The van der Waals surface area contributed by atoms with E-state index in [9.17, 15) is 27.0 Å². The van der Waals surface area contributed by atoms with Crippen molar-refractivity contribution in [3.8, 4) is 11.5 Å². The molecule has 0 spiro atoms. The van der Waals surface area contributed by atoms with Gasteiger partial charge in [0.2, 0.25) is 10.0 Å². The van der Waals surface area contributed by atoms with Crippen LogP contribution in [0.3, 0.4) is 0 Å². The maximum absolute atomic E-state index is 12.9. The molecule has 1 unspecified atom stereocenters. The molecular weight excluding hydrogens is 557 g/mol. The lowest BCUT2D eigenvalue weighted by Gasteiger charge is -2.15. The van der Waals surface area contributed by atoms with Crippen molar-refractivity contribution in [2.45, 2.75) is 34.5 Å². The van der Waals surface area contributed by atoms with Gasteiger partial charge in [-0.25, -0.2) is 21.6 Å². The SMILES string of the molecule is O=S(=O)(Cc1cc(Cl)cc(S(=O)(=O)NCC2CCCO2)c1O)c1cc(Br)cc(Cl)c1O. The summed E-state index contributed by atoms with van der Waals surface area (Å²) in [6.45, 7) is 0.551. The topological polar surface area (TPSA) is 130 Å². The molecule has 0 bridgehead atoms. The molecule has 1 fully saturated rings. The summed E-state index contributed by atoms with van der Waals surface area (Å²) in [5, 5.41) is 20.4. The fourth-order valence-electron chi connectivity index (χ4n) is 3.09. The van der Waals surface area contributed by atoms with Crippen LogP contribution in [0.2, 0.25) is 10.0 Å². The lowest BCUT2D eigenvalue weighted by molar-refractivity contribution is 0.114. The highest BCUT2D eigenvalue weighted by atomic mass is 79.9. The van der Waals surface area contributed by atoms with Gasteiger partial charge < -0.3 is 14.9 Å². The van der Waals surface area contributed by atoms with E-state index in [1.807, 2.05) is 0 Å². The van der Waals surface area contributed by atoms with Crippen molar-refractivity contribution in [3.63, 3.8) is 0 Å². The summed E-state index contributed by atoms with van der Waals surface area (Å²) in [6.07, 6.45) is 1.25. The molecule has 2 aromatic carbocycles. The normalized spacial score (nSPS) is 17.2. The van der Waals surface area contributed by atoms with Crippen molar-refractivity contribution in [3.05, 3.63) is 44.3 Å². The lowest BCUT2D eigenvalue weighted by atomic mass is 10.2. The van der Waals surface area contributed by atoms with Crippen LogP contribution in [-0.4, -0.2) is 46.3 Å². The Labute approximate surface area is 198 Å². The van der Waals surface area contributed by atoms with Crippen molar-refractivity contribution < 1.29 is 31.8 Å². The van der Waals surface area contributed by atoms with E-state index in [4.69, 9.17) is 27.9 Å². The number of aromatic hydroxyl groups is 2. The van der Waals surface area contributed by atoms with Crippen LogP contribution in [-0.2, 0) is 30.4 Å². The van der Waals surface area contributed by atoms with E-state index in [2.05, 4.69) is 20.7 Å². The molecule has 0 radical (unpaired) electrons. The third-order valence-corrected chi connectivity index (χ3v) is 8.68. The fraction of sp³-hybridized carbons (Fsp3) is 0.333. The Morgan fingerprint density at radius 3 is 2.42 bits per heavy atom. The maximum Gasteiger partial charge on any atom is 0.244 e. The second-order valence-corrected chi connectivity index (χ2v) is 12.3. The quantitative estimate of drug-likeness (QED) is 0.460. The van der Waals surface area contributed by atoms with Gasteiger partial charge in [0.25, 0.3) is 0 Å². The van der Waals surface area contributed by atoms with Crippen LogP contribution in [0.25, 0.3) is 0 Å². The smallest absolute Gasteiger partial charge is 0.244 e. The van der Waals surface area contributed by atoms with Crippen molar-refractivity contribution >= 4 is 59.0 Å². The van der Waals surface area contributed by atoms with E-state index in [1.54, 1.807) is 0 Å². The van der Waals surface area contributed by atoms with E-state index < -0.39 is 46.9 Å². The average molecular weight is 575 g/mol. The summed E-state index contributed by atoms with van der Waals surface area (Å²) in [5.41, 5.74) is -0.250. The van der Waals surface area contributed by atoms with Gasteiger partial charge in [-0.15, -0.1) is 0 Å². The van der Waals surface area contributed by atoms with E-state index >= 15 is 0 Å². The van der Waals surface area contributed by atoms with Gasteiger partial charge in [0.15, 0.2) is 15.6 Å². The van der Waals surface area contributed by atoms with Crippen molar-refractivity contribution in [2.24, 2.45) is 0 Å². The number of hydrogen-bond acceptors (Lipinski definition) is 7. The summed E-state index contributed by atoms with van der Waals surface area (Å²) in [4.78, 5) is -1.04. The van der Waals surface area contributed by atoms with Crippen LogP contribution in [0.4, 0.5) is 0 Å². The molecule has 170 valence electrons. The van der Waals surface area contributed by atoms with Crippen molar-refractivity contribution in [1.29, 1.82) is 0 Å². The molecule has 0 saturated carbocycles. The molecular formula is C18H18BrCl2NO7S2. The largest absolute Gasteiger partial charge is 0.506 e. The Morgan fingerprint density at radius 2 is 1.77 bits per heavy atom. The van der Waals surface area contributed by atoms with Crippen molar-refractivity contribution in [1.82, 2.24) is 4.72 Å². The Balaban J connectivity index is 1.95. The van der Waals surface area contributed by atoms with Crippen LogP contribution in [0, 0.1) is 0 Å². The Morgan fingerprint density at radius 1 is 1.06 bits per heavy atom. The predicted octanol–water partition coefficient (Wildman–Crippen LogP) is 3.60. The van der Waals surface area contributed by atoms with Gasteiger partial charge in [0.05, 0.1) is 16.9 Å². The van der Waals surface area contributed by atoms with Crippen LogP contribution in [0.5, 0.6) is 11.5 Å². The van der Waals surface area contributed by atoms with Gasteiger partial charge in [-0.2, -0.15) is 0 Å². The fourth-order valence-corrected chi connectivity index (χ4v) is 7.14. The van der Waals surface area contributed by atoms with Gasteiger partial charge in [-0.1, -0.05) is 39.1 Å². The number of rotatable bonds is 7. The molecule has 1 saturated heterocycles. The molecule has 3 rings (SSSR count). The number of benzene rings is 2. The third-order valence-electron chi connectivity index (χ3n) is 4.61. The molecule has 31 heavy (non-hydrogen) atoms. The number of sulfonamides is 1. The van der Waals surface area contributed by atoms with Gasteiger partial charge in [-0.3, -0.25) is 0 Å². The molecule has 1 heterocycles. The first kappa shape index (κ1) is 24.6. The Bertz CT molecular complexity index is 1210. The first-order valence-corrected chi connectivity index (χ1v) is 13.6. The predicted molar refractivity (Wildman–Crippen MR) is 119 cm³/mol. The second kappa shape index (κ2) is 9.42. The highest BCUT2D eigenvalue weighted by molar-refractivity contribution is 9.10. The minimum atomic E-state index is -4.23. The molecule has 1 atom stereocenters. The Hall–Kier alpha value is -1.08. The van der Waals surface area contributed by atoms with Gasteiger partial charge in [0, 0.05) is 28.2 Å². The minimum absolute atomic E-state index is 0.00628. The number of phenolic OH excluding ortho intramolecular Hbond substituents is 2. The first-order valence-electron chi connectivity index (χ1n) is 8.94. The van der Waals surface area contributed by atoms with Crippen LogP contribution >= 0.6 is 39.1 Å². The van der Waals surface area contributed by atoms with E-state index in [0.29, 0.717) is 17.5 Å². The number of halogens is 3. The minimum Gasteiger partial charge on any atom is -0.506 e. The molecule has 1 aliphatic rings. The molecule has 1 aliphatic heterocycles. The summed E-state index contributed by atoms with van der Waals surface area (Å²) in [5.74, 6) is -2.24. The van der Waals surface area contributed by atoms with Crippen molar-refractivity contribution in [2.75, 3.05) is 13.2 Å². The number of phenols is 2. The van der Waals surface area contributed by atoms with E-state index in [0.717, 1.165) is 24.6 Å². The monoisotopic (exact) mass is 573 g/mol. The summed E-state index contributed by atoms with van der Waals surface area (Å²) < 4.78 is 59.2. The number of hydrogen-bond donors (Lipinski definition) is 3. The first-order chi connectivity index (χ1) is 14.4. The highest BCUT2D eigenvalue weighted by Crippen LogP contribution is 2.38. The van der Waals surface area contributed by atoms with Gasteiger partial charge >= 0.3 is 0 Å². The lowest BCUT2D eigenvalue weighted by Crippen LogP contribution is -2.32.